The Kier molecular flexibility index (Phi) is 6.78. The van der Waals surface area contributed by atoms with Crippen LogP contribution in [0.15, 0.2) is 42.5 Å². The summed E-state index contributed by atoms with van der Waals surface area (Å²) in [6.45, 7) is 3.43. The van der Waals surface area contributed by atoms with Crippen LogP contribution in [0, 0.1) is 0 Å². The van der Waals surface area contributed by atoms with Crippen molar-refractivity contribution in [3.8, 4) is 0 Å². The Balaban J connectivity index is 1.46. The summed E-state index contributed by atoms with van der Waals surface area (Å²) in [5.74, 6) is -1.36. The van der Waals surface area contributed by atoms with Crippen molar-refractivity contribution >= 4 is 34.8 Å². The van der Waals surface area contributed by atoms with E-state index in [1.165, 1.54) is 23.2 Å². The van der Waals surface area contributed by atoms with E-state index in [2.05, 4.69) is 45.7 Å². The van der Waals surface area contributed by atoms with Gasteiger partial charge in [0.05, 0.1) is 16.8 Å². The first-order valence-electron chi connectivity index (χ1n) is 10.9. The molecule has 1 fully saturated rings. The number of carbonyl (C=O) groups excluding carboxylic acids is 2. The topological polar surface area (TPSA) is 64.7 Å². The SMILES string of the molecule is CN1CCc2cc(C(CNC(=O)C(=O)Nc3ccccc3Cl)N3CCCCC3)ccc21. The number of piperidine rings is 1. The zero-order valence-electron chi connectivity index (χ0n) is 17.9. The van der Waals surface area contributed by atoms with Gasteiger partial charge in [-0.15, -0.1) is 0 Å². The Bertz CT molecular complexity index is 958. The maximum absolute atomic E-state index is 12.5. The van der Waals surface area contributed by atoms with Gasteiger partial charge in [0, 0.05) is 25.8 Å². The van der Waals surface area contributed by atoms with Crippen molar-refractivity contribution in [1.29, 1.82) is 0 Å². The third kappa shape index (κ3) is 5.02. The second-order valence-electron chi connectivity index (χ2n) is 8.32. The molecule has 164 valence electrons. The first-order chi connectivity index (χ1) is 15.0. The highest BCUT2D eigenvalue weighted by molar-refractivity contribution is 6.41. The fourth-order valence-electron chi connectivity index (χ4n) is 4.49. The van der Waals surface area contributed by atoms with Crippen molar-refractivity contribution in [2.75, 3.05) is 43.4 Å². The molecule has 2 aliphatic rings. The van der Waals surface area contributed by atoms with Crippen LogP contribution in [0.4, 0.5) is 11.4 Å². The van der Waals surface area contributed by atoms with Gasteiger partial charge in [-0.25, -0.2) is 0 Å². The highest BCUT2D eigenvalue weighted by atomic mass is 35.5. The van der Waals surface area contributed by atoms with Crippen molar-refractivity contribution in [1.82, 2.24) is 10.2 Å². The summed E-state index contributed by atoms with van der Waals surface area (Å²) < 4.78 is 0. The summed E-state index contributed by atoms with van der Waals surface area (Å²) in [4.78, 5) is 29.6. The monoisotopic (exact) mass is 440 g/mol. The lowest BCUT2D eigenvalue weighted by atomic mass is 9.98. The van der Waals surface area contributed by atoms with Gasteiger partial charge >= 0.3 is 11.8 Å². The van der Waals surface area contributed by atoms with E-state index in [9.17, 15) is 9.59 Å². The first-order valence-corrected chi connectivity index (χ1v) is 11.3. The minimum atomic E-state index is -0.707. The van der Waals surface area contributed by atoms with E-state index >= 15 is 0 Å². The van der Waals surface area contributed by atoms with E-state index in [0.29, 0.717) is 17.3 Å². The molecule has 31 heavy (non-hydrogen) atoms. The number of anilines is 2. The van der Waals surface area contributed by atoms with E-state index in [1.807, 2.05) is 0 Å². The van der Waals surface area contributed by atoms with Crippen LogP contribution in [0.2, 0.25) is 5.02 Å². The summed E-state index contributed by atoms with van der Waals surface area (Å²) >= 11 is 6.08. The fraction of sp³-hybridized carbons (Fsp3) is 0.417. The Hall–Kier alpha value is -2.57. The lowest BCUT2D eigenvalue weighted by Gasteiger charge is -2.35. The molecule has 2 heterocycles. The van der Waals surface area contributed by atoms with Crippen LogP contribution in [-0.4, -0.2) is 49.9 Å². The van der Waals surface area contributed by atoms with Crippen LogP contribution in [0.3, 0.4) is 0 Å². The predicted molar refractivity (Wildman–Crippen MR) is 125 cm³/mol. The molecule has 0 saturated carbocycles. The molecule has 0 bridgehead atoms. The van der Waals surface area contributed by atoms with Crippen LogP contribution >= 0.6 is 11.6 Å². The summed E-state index contributed by atoms with van der Waals surface area (Å²) in [5.41, 5.74) is 4.26. The normalized spacial score (nSPS) is 17.2. The van der Waals surface area contributed by atoms with Gasteiger partial charge in [0.25, 0.3) is 0 Å². The quantitative estimate of drug-likeness (QED) is 0.697. The Morgan fingerprint density at radius 2 is 1.81 bits per heavy atom. The molecule has 7 heteroatoms. The smallest absolute Gasteiger partial charge is 0.313 e. The van der Waals surface area contributed by atoms with Crippen molar-refractivity contribution in [3.63, 3.8) is 0 Å². The van der Waals surface area contributed by atoms with Gasteiger partial charge in [-0.2, -0.15) is 0 Å². The molecule has 0 spiro atoms. The maximum Gasteiger partial charge on any atom is 0.313 e. The number of amides is 2. The van der Waals surface area contributed by atoms with E-state index in [1.54, 1.807) is 24.3 Å². The molecular formula is C24H29ClN4O2. The van der Waals surface area contributed by atoms with Gasteiger partial charge in [0.2, 0.25) is 0 Å². The molecule has 2 aliphatic heterocycles. The molecule has 1 atom stereocenters. The van der Waals surface area contributed by atoms with Crippen LogP contribution in [0.25, 0.3) is 0 Å². The van der Waals surface area contributed by atoms with E-state index in [4.69, 9.17) is 11.6 Å². The second-order valence-corrected chi connectivity index (χ2v) is 8.72. The zero-order valence-corrected chi connectivity index (χ0v) is 18.6. The second kappa shape index (κ2) is 9.71. The van der Waals surface area contributed by atoms with E-state index in [-0.39, 0.29) is 6.04 Å². The van der Waals surface area contributed by atoms with Crippen LogP contribution in [-0.2, 0) is 16.0 Å². The minimum Gasteiger partial charge on any atom is -0.374 e. The lowest BCUT2D eigenvalue weighted by molar-refractivity contribution is -0.136. The maximum atomic E-state index is 12.5. The van der Waals surface area contributed by atoms with Gasteiger partial charge in [0.15, 0.2) is 0 Å². The zero-order chi connectivity index (χ0) is 21.8. The van der Waals surface area contributed by atoms with Crippen molar-refractivity contribution in [2.45, 2.75) is 31.7 Å². The summed E-state index contributed by atoms with van der Waals surface area (Å²) in [6.07, 6.45) is 4.60. The number of nitrogens with one attached hydrogen (secondary N) is 2. The number of rotatable bonds is 5. The molecule has 1 unspecified atom stereocenters. The van der Waals surface area contributed by atoms with Crippen molar-refractivity contribution < 1.29 is 9.59 Å². The lowest BCUT2D eigenvalue weighted by Crippen LogP contribution is -2.43. The highest BCUT2D eigenvalue weighted by Crippen LogP contribution is 2.32. The van der Waals surface area contributed by atoms with Gasteiger partial charge in [0.1, 0.15) is 0 Å². The molecule has 2 aromatic carbocycles. The van der Waals surface area contributed by atoms with Crippen LogP contribution in [0.5, 0.6) is 0 Å². The summed E-state index contributed by atoms with van der Waals surface area (Å²) in [5, 5.41) is 5.84. The third-order valence-corrected chi connectivity index (χ3v) is 6.56. The molecule has 4 rings (SSSR count). The number of benzene rings is 2. The number of likely N-dealkylation sites (N-methyl/N-ethyl adjacent to an activating group) is 1. The average molecular weight is 441 g/mol. The Morgan fingerprint density at radius 3 is 2.58 bits per heavy atom. The number of likely N-dealkylation sites (tertiary alicyclic amines) is 1. The standard InChI is InChI=1S/C24H29ClN4O2/c1-28-14-11-18-15-17(9-10-21(18)28)22(29-12-5-2-6-13-29)16-26-23(30)24(31)27-20-8-4-3-7-19(20)25/h3-4,7-10,15,22H,2,5-6,11-14,16H2,1H3,(H,26,30)(H,27,31). The molecule has 0 radical (unpaired) electrons. The number of carbonyl (C=O) groups is 2. The molecule has 0 aliphatic carbocycles. The number of hydrogen-bond acceptors (Lipinski definition) is 4. The largest absolute Gasteiger partial charge is 0.374 e. The first kappa shape index (κ1) is 21.7. The summed E-state index contributed by atoms with van der Waals surface area (Å²) in [7, 11) is 2.12. The minimum absolute atomic E-state index is 0.0496. The summed E-state index contributed by atoms with van der Waals surface area (Å²) in [6, 6.07) is 13.5. The van der Waals surface area contributed by atoms with Gasteiger partial charge in [-0.05, 0) is 61.7 Å². The van der Waals surface area contributed by atoms with Gasteiger partial charge < -0.3 is 15.5 Å². The fourth-order valence-corrected chi connectivity index (χ4v) is 4.68. The van der Waals surface area contributed by atoms with E-state index < -0.39 is 11.8 Å². The molecule has 2 N–H and O–H groups in total. The van der Waals surface area contributed by atoms with Gasteiger partial charge in [-0.1, -0.05) is 42.3 Å². The number of nitrogens with zero attached hydrogens (tertiary/aromatic N) is 2. The number of fused-ring (bicyclic) bond motifs is 1. The molecule has 2 aromatic rings. The van der Waals surface area contributed by atoms with Crippen molar-refractivity contribution in [2.24, 2.45) is 0 Å². The highest BCUT2D eigenvalue weighted by Gasteiger charge is 2.26. The number of halogens is 1. The third-order valence-electron chi connectivity index (χ3n) is 6.23. The van der Waals surface area contributed by atoms with E-state index in [0.717, 1.165) is 38.9 Å². The number of hydrogen-bond donors (Lipinski definition) is 2. The average Bonchev–Trinajstić information content (AvgIpc) is 3.16. The number of para-hydroxylation sites is 1. The molecule has 0 aromatic heterocycles. The molecule has 2 amide bonds. The Morgan fingerprint density at radius 1 is 1.03 bits per heavy atom. The molecular weight excluding hydrogens is 412 g/mol. The van der Waals surface area contributed by atoms with Crippen LogP contribution < -0.4 is 15.5 Å². The molecule has 1 saturated heterocycles. The molecule has 6 nitrogen and oxygen atoms in total. The van der Waals surface area contributed by atoms with Gasteiger partial charge in [-0.3, -0.25) is 14.5 Å². The predicted octanol–water partition coefficient (Wildman–Crippen LogP) is 3.61. The van der Waals surface area contributed by atoms with Crippen molar-refractivity contribution in [3.05, 3.63) is 58.6 Å². The van der Waals surface area contributed by atoms with Crippen LogP contribution in [0.1, 0.15) is 36.4 Å². The Labute approximate surface area is 188 Å².